The summed E-state index contributed by atoms with van der Waals surface area (Å²) in [6.07, 6.45) is 1.78. The van der Waals surface area contributed by atoms with E-state index in [0.717, 1.165) is 44.8 Å². The highest BCUT2D eigenvalue weighted by molar-refractivity contribution is 6.04. The molecule has 0 aliphatic heterocycles. The monoisotopic (exact) mass is 490 g/mol. The molecule has 0 unspecified atom stereocenters. The summed E-state index contributed by atoms with van der Waals surface area (Å²) in [7, 11) is 0. The smallest absolute Gasteiger partial charge is 0.343 e. The second-order valence-corrected chi connectivity index (χ2v) is 9.31. The van der Waals surface area contributed by atoms with E-state index < -0.39 is 0 Å². The molecule has 4 aromatic rings. The highest BCUT2D eigenvalue weighted by atomic mass is 16.5. The molecule has 0 spiro atoms. The zero-order valence-corrected chi connectivity index (χ0v) is 21.8. The van der Waals surface area contributed by atoms with Gasteiger partial charge in [-0.3, -0.25) is 9.79 Å². The van der Waals surface area contributed by atoms with Gasteiger partial charge in [0, 0.05) is 17.5 Å². The first-order valence-corrected chi connectivity index (χ1v) is 12.1. The van der Waals surface area contributed by atoms with Crippen molar-refractivity contribution in [3.8, 4) is 5.75 Å². The first kappa shape index (κ1) is 25.6. The number of hydrogen-bond acceptors (Lipinski definition) is 4. The van der Waals surface area contributed by atoms with Gasteiger partial charge in [0.05, 0.1) is 11.3 Å². The van der Waals surface area contributed by atoms with Crippen molar-refractivity contribution in [2.75, 3.05) is 5.32 Å². The lowest BCUT2D eigenvalue weighted by Gasteiger charge is -2.12. The van der Waals surface area contributed by atoms with Crippen molar-refractivity contribution in [1.29, 1.82) is 0 Å². The number of aryl methyl sites for hydroxylation is 5. The van der Waals surface area contributed by atoms with Crippen molar-refractivity contribution in [2.45, 2.75) is 34.6 Å². The van der Waals surface area contributed by atoms with Crippen LogP contribution in [0.25, 0.3) is 0 Å². The van der Waals surface area contributed by atoms with Crippen molar-refractivity contribution in [2.24, 2.45) is 4.99 Å². The van der Waals surface area contributed by atoms with Gasteiger partial charge >= 0.3 is 5.97 Å². The van der Waals surface area contributed by atoms with Gasteiger partial charge in [-0.1, -0.05) is 35.4 Å². The fourth-order valence-electron chi connectivity index (χ4n) is 3.83. The molecule has 4 rings (SSSR count). The minimum Gasteiger partial charge on any atom is -0.423 e. The highest BCUT2D eigenvalue weighted by Crippen LogP contribution is 2.27. The third kappa shape index (κ3) is 6.39. The average Bonchev–Trinajstić information content (AvgIpc) is 2.87. The summed E-state index contributed by atoms with van der Waals surface area (Å²) in [6.45, 7) is 9.78. The Morgan fingerprint density at radius 1 is 0.703 bits per heavy atom. The molecule has 0 aliphatic carbocycles. The summed E-state index contributed by atoms with van der Waals surface area (Å²) < 4.78 is 5.59. The van der Waals surface area contributed by atoms with Crippen LogP contribution in [0.1, 0.15) is 54.1 Å². The Kier molecular flexibility index (Phi) is 7.63. The molecular formula is C32H30N2O3. The molecule has 0 saturated heterocycles. The quantitative estimate of drug-likeness (QED) is 0.173. The molecule has 0 saturated carbocycles. The van der Waals surface area contributed by atoms with Crippen LogP contribution in [-0.4, -0.2) is 18.1 Å². The van der Waals surface area contributed by atoms with Crippen molar-refractivity contribution < 1.29 is 14.3 Å². The number of esters is 1. The van der Waals surface area contributed by atoms with E-state index in [1.807, 2.05) is 95.3 Å². The fourth-order valence-corrected chi connectivity index (χ4v) is 3.83. The van der Waals surface area contributed by atoms with Crippen molar-refractivity contribution >= 4 is 29.5 Å². The summed E-state index contributed by atoms with van der Waals surface area (Å²) in [4.78, 5) is 29.8. The number of carbonyl (C=O) groups is 2. The van der Waals surface area contributed by atoms with Gasteiger partial charge in [0.1, 0.15) is 5.75 Å². The van der Waals surface area contributed by atoms with Gasteiger partial charge < -0.3 is 10.1 Å². The number of nitrogens with one attached hydrogen (secondary N) is 1. The second kappa shape index (κ2) is 11.0. The average molecular weight is 491 g/mol. The van der Waals surface area contributed by atoms with E-state index in [1.165, 1.54) is 0 Å². The minimum absolute atomic E-state index is 0.141. The Morgan fingerprint density at radius 3 is 1.95 bits per heavy atom. The molecule has 4 aromatic carbocycles. The summed E-state index contributed by atoms with van der Waals surface area (Å²) in [6, 6.07) is 24.3. The van der Waals surface area contributed by atoms with Crippen LogP contribution in [0.3, 0.4) is 0 Å². The maximum absolute atomic E-state index is 12.6. The first-order chi connectivity index (χ1) is 17.7. The number of ether oxygens (including phenoxy) is 1. The largest absolute Gasteiger partial charge is 0.423 e. The molecule has 37 heavy (non-hydrogen) atoms. The molecule has 0 fully saturated rings. The third-order valence-electron chi connectivity index (χ3n) is 6.15. The van der Waals surface area contributed by atoms with Crippen molar-refractivity contribution in [3.05, 3.63) is 123 Å². The second-order valence-electron chi connectivity index (χ2n) is 9.31. The Labute approximate surface area is 217 Å². The molecule has 1 N–H and O–H groups in total. The summed E-state index contributed by atoms with van der Waals surface area (Å²) >= 11 is 0. The van der Waals surface area contributed by atoms with E-state index in [1.54, 1.807) is 24.4 Å². The maximum atomic E-state index is 12.6. The molecule has 0 radical (unpaired) electrons. The molecule has 0 bridgehead atoms. The fraction of sp³-hybridized carbons (Fsp3) is 0.156. The van der Waals surface area contributed by atoms with Gasteiger partial charge in [-0.25, -0.2) is 4.79 Å². The molecule has 0 atom stereocenters. The number of aliphatic imine (C=N–C) groups is 1. The topological polar surface area (TPSA) is 67.8 Å². The minimum atomic E-state index is -0.384. The normalized spacial score (nSPS) is 10.9. The maximum Gasteiger partial charge on any atom is 0.343 e. The molecule has 186 valence electrons. The molecule has 5 nitrogen and oxygen atoms in total. The zero-order chi connectivity index (χ0) is 26.5. The summed E-state index contributed by atoms with van der Waals surface area (Å²) in [5.74, 6) is -0.00834. The van der Waals surface area contributed by atoms with E-state index in [4.69, 9.17) is 4.74 Å². The Bertz CT molecular complexity index is 1480. The van der Waals surface area contributed by atoms with Crippen LogP contribution >= 0.6 is 0 Å². The number of rotatable bonds is 6. The van der Waals surface area contributed by atoms with Crippen LogP contribution in [-0.2, 0) is 0 Å². The lowest BCUT2D eigenvalue weighted by molar-refractivity contribution is 0.0733. The molecule has 0 heterocycles. The van der Waals surface area contributed by atoms with Crippen LogP contribution in [0, 0.1) is 34.6 Å². The van der Waals surface area contributed by atoms with Crippen LogP contribution in [0.5, 0.6) is 5.75 Å². The van der Waals surface area contributed by atoms with Gasteiger partial charge in [-0.15, -0.1) is 0 Å². The van der Waals surface area contributed by atoms with E-state index in [-0.39, 0.29) is 11.9 Å². The molecule has 5 heteroatoms. The van der Waals surface area contributed by atoms with Gasteiger partial charge in [0.15, 0.2) is 0 Å². The van der Waals surface area contributed by atoms with Gasteiger partial charge in [-0.2, -0.15) is 0 Å². The van der Waals surface area contributed by atoms with Crippen LogP contribution in [0.2, 0.25) is 0 Å². The number of nitrogens with zero attached hydrogens (tertiary/aromatic N) is 1. The van der Waals surface area contributed by atoms with Crippen LogP contribution in [0.4, 0.5) is 11.4 Å². The lowest BCUT2D eigenvalue weighted by Crippen LogP contribution is -2.12. The molecule has 1 amide bonds. The SMILES string of the molecule is Cc1ccc(C(=O)Nc2cc(C)c(/N=C/c3ccc(OC(=O)c4ccc(C)cc4)c(C)c3)cc2C)cc1. The Balaban J connectivity index is 1.45. The van der Waals surface area contributed by atoms with Crippen LogP contribution in [0.15, 0.2) is 83.9 Å². The van der Waals surface area contributed by atoms with E-state index >= 15 is 0 Å². The third-order valence-corrected chi connectivity index (χ3v) is 6.15. The number of benzene rings is 4. The van der Waals surface area contributed by atoms with Crippen molar-refractivity contribution in [3.63, 3.8) is 0 Å². The summed E-state index contributed by atoms with van der Waals surface area (Å²) in [5.41, 5.74) is 8.51. The predicted octanol–water partition coefficient (Wildman–Crippen LogP) is 7.45. The molecule has 0 aliphatic rings. The van der Waals surface area contributed by atoms with E-state index in [2.05, 4.69) is 10.3 Å². The van der Waals surface area contributed by atoms with Gasteiger partial charge in [0.25, 0.3) is 5.91 Å². The van der Waals surface area contributed by atoms with Gasteiger partial charge in [-0.05, 0) is 111 Å². The predicted molar refractivity (Wildman–Crippen MR) is 150 cm³/mol. The zero-order valence-electron chi connectivity index (χ0n) is 21.8. The van der Waals surface area contributed by atoms with E-state index in [0.29, 0.717) is 16.9 Å². The molecular weight excluding hydrogens is 460 g/mol. The Morgan fingerprint density at radius 2 is 1.32 bits per heavy atom. The molecule has 0 aromatic heterocycles. The van der Waals surface area contributed by atoms with Gasteiger partial charge in [0.2, 0.25) is 0 Å². The first-order valence-electron chi connectivity index (χ1n) is 12.1. The number of hydrogen-bond donors (Lipinski definition) is 1. The van der Waals surface area contributed by atoms with E-state index in [9.17, 15) is 9.59 Å². The lowest BCUT2D eigenvalue weighted by atomic mass is 10.1. The summed E-state index contributed by atoms with van der Waals surface area (Å²) in [5, 5.41) is 3.00. The number of amides is 1. The van der Waals surface area contributed by atoms with Crippen LogP contribution < -0.4 is 10.1 Å². The van der Waals surface area contributed by atoms with Crippen molar-refractivity contribution in [1.82, 2.24) is 0 Å². The number of carbonyl (C=O) groups excluding carboxylic acids is 2. The highest BCUT2D eigenvalue weighted by Gasteiger charge is 2.12. The number of anilines is 1. The Hall–Kier alpha value is -4.51. The standard InChI is InChI=1S/C32H30N2O3/c1-20-6-11-26(12-7-20)31(35)34-29-18-22(3)28(17-23(29)4)33-19-25-10-15-30(24(5)16-25)37-32(36)27-13-8-21(2)9-14-27/h6-19H,1-5H3,(H,34,35)/b33-19+.